The number of nitrogens with one attached hydrogen (secondary N) is 1. The SMILES string of the molecule is CC(CN(C)C)NCc1cc(Br)ccc1[N+](=O)[O-]. The Hall–Kier alpha value is -0.980. The number of nitro benzene ring substituents is 1. The van der Waals surface area contributed by atoms with E-state index in [1.54, 1.807) is 12.1 Å². The van der Waals surface area contributed by atoms with Gasteiger partial charge in [-0.3, -0.25) is 10.1 Å². The number of rotatable bonds is 6. The van der Waals surface area contributed by atoms with Gasteiger partial charge in [0, 0.05) is 35.2 Å². The van der Waals surface area contributed by atoms with Gasteiger partial charge in [-0.05, 0) is 33.2 Å². The smallest absolute Gasteiger partial charge is 0.273 e. The van der Waals surface area contributed by atoms with Crippen molar-refractivity contribution >= 4 is 21.6 Å². The van der Waals surface area contributed by atoms with Crippen LogP contribution in [0.4, 0.5) is 5.69 Å². The molecule has 0 heterocycles. The van der Waals surface area contributed by atoms with E-state index in [-0.39, 0.29) is 16.7 Å². The first-order valence-electron chi connectivity index (χ1n) is 5.71. The summed E-state index contributed by atoms with van der Waals surface area (Å²) in [6, 6.07) is 5.27. The molecule has 0 radical (unpaired) electrons. The monoisotopic (exact) mass is 315 g/mol. The highest BCUT2D eigenvalue weighted by atomic mass is 79.9. The van der Waals surface area contributed by atoms with Crippen LogP contribution in [0.5, 0.6) is 0 Å². The largest absolute Gasteiger partial charge is 0.309 e. The van der Waals surface area contributed by atoms with Gasteiger partial charge in [0.1, 0.15) is 0 Å². The fourth-order valence-electron chi connectivity index (χ4n) is 1.77. The first kappa shape index (κ1) is 15.1. The molecule has 0 aliphatic rings. The maximum absolute atomic E-state index is 10.9. The summed E-state index contributed by atoms with van der Waals surface area (Å²) < 4.78 is 0.852. The van der Waals surface area contributed by atoms with E-state index in [4.69, 9.17) is 0 Å². The van der Waals surface area contributed by atoms with Gasteiger partial charge in [-0.2, -0.15) is 0 Å². The molecule has 1 rings (SSSR count). The van der Waals surface area contributed by atoms with Crippen LogP contribution in [-0.4, -0.2) is 36.5 Å². The van der Waals surface area contributed by atoms with Gasteiger partial charge in [0.15, 0.2) is 0 Å². The van der Waals surface area contributed by atoms with Crippen LogP contribution in [0.25, 0.3) is 0 Å². The summed E-state index contributed by atoms with van der Waals surface area (Å²) in [5.41, 5.74) is 0.850. The Kier molecular flexibility index (Phi) is 5.71. The number of nitrogens with zero attached hydrogens (tertiary/aromatic N) is 2. The van der Waals surface area contributed by atoms with Crippen molar-refractivity contribution in [1.29, 1.82) is 0 Å². The molecule has 0 bridgehead atoms. The number of halogens is 1. The standard InChI is InChI=1S/C12H18BrN3O2/c1-9(8-15(2)3)14-7-10-6-11(13)4-5-12(10)16(17)18/h4-6,9,14H,7-8H2,1-3H3. The molecule has 1 unspecified atom stereocenters. The molecule has 0 spiro atoms. The fourth-order valence-corrected chi connectivity index (χ4v) is 2.18. The van der Waals surface area contributed by atoms with Gasteiger partial charge in [-0.15, -0.1) is 0 Å². The van der Waals surface area contributed by atoms with Crippen molar-refractivity contribution in [2.24, 2.45) is 0 Å². The summed E-state index contributed by atoms with van der Waals surface area (Å²) in [6.07, 6.45) is 0. The molecular formula is C12H18BrN3O2. The van der Waals surface area contributed by atoms with Gasteiger partial charge < -0.3 is 10.2 Å². The van der Waals surface area contributed by atoms with E-state index < -0.39 is 0 Å². The second-order valence-electron chi connectivity index (χ2n) is 4.57. The minimum atomic E-state index is -0.347. The maximum atomic E-state index is 10.9. The number of hydrogen-bond acceptors (Lipinski definition) is 4. The number of likely N-dealkylation sites (N-methyl/N-ethyl adjacent to an activating group) is 1. The van der Waals surface area contributed by atoms with Crippen LogP contribution >= 0.6 is 15.9 Å². The van der Waals surface area contributed by atoms with Crippen molar-refractivity contribution in [2.75, 3.05) is 20.6 Å². The molecule has 0 aromatic heterocycles. The van der Waals surface area contributed by atoms with Crippen LogP contribution in [0.15, 0.2) is 22.7 Å². The molecule has 5 nitrogen and oxygen atoms in total. The lowest BCUT2D eigenvalue weighted by molar-refractivity contribution is -0.385. The zero-order valence-electron chi connectivity index (χ0n) is 10.8. The summed E-state index contributed by atoms with van der Waals surface area (Å²) >= 11 is 3.33. The molecule has 0 aliphatic carbocycles. The second kappa shape index (κ2) is 6.82. The Labute approximate surface area is 115 Å². The van der Waals surface area contributed by atoms with Gasteiger partial charge in [0.2, 0.25) is 0 Å². The Morgan fingerprint density at radius 3 is 2.72 bits per heavy atom. The third kappa shape index (κ3) is 4.72. The highest BCUT2D eigenvalue weighted by molar-refractivity contribution is 9.10. The van der Waals surface area contributed by atoms with Crippen LogP contribution in [0.3, 0.4) is 0 Å². The quantitative estimate of drug-likeness (QED) is 0.647. The second-order valence-corrected chi connectivity index (χ2v) is 5.49. The van der Waals surface area contributed by atoms with E-state index in [2.05, 4.69) is 33.1 Å². The predicted molar refractivity (Wildman–Crippen MR) is 75.7 cm³/mol. The Balaban J connectivity index is 2.71. The van der Waals surface area contributed by atoms with E-state index >= 15 is 0 Å². The van der Waals surface area contributed by atoms with E-state index in [0.717, 1.165) is 11.0 Å². The van der Waals surface area contributed by atoms with Crippen LogP contribution in [0.2, 0.25) is 0 Å². The van der Waals surface area contributed by atoms with Crippen LogP contribution in [0, 0.1) is 10.1 Å². The average molecular weight is 316 g/mol. The van der Waals surface area contributed by atoms with Crippen molar-refractivity contribution in [2.45, 2.75) is 19.5 Å². The summed E-state index contributed by atoms with van der Waals surface area (Å²) in [4.78, 5) is 12.6. The molecule has 6 heteroatoms. The van der Waals surface area contributed by atoms with Crippen molar-refractivity contribution in [1.82, 2.24) is 10.2 Å². The summed E-state index contributed by atoms with van der Waals surface area (Å²) in [6.45, 7) is 3.44. The Morgan fingerprint density at radius 1 is 1.50 bits per heavy atom. The van der Waals surface area contributed by atoms with E-state index in [9.17, 15) is 10.1 Å². The minimum Gasteiger partial charge on any atom is -0.309 e. The molecule has 0 amide bonds. The zero-order valence-corrected chi connectivity index (χ0v) is 12.4. The molecule has 100 valence electrons. The minimum absolute atomic E-state index is 0.155. The lowest BCUT2D eigenvalue weighted by atomic mass is 10.1. The highest BCUT2D eigenvalue weighted by Crippen LogP contribution is 2.22. The fraction of sp³-hybridized carbons (Fsp3) is 0.500. The molecule has 1 aromatic rings. The number of benzene rings is 1. The van der Waals surface area contributed by atoms with Gasteiger partial charge in [-0.25, -0.2) is 0 Å². The molecule has 0 saturated heterocycles. The zero-order chi connectivity index (χ0) is 13.7. The lowest BCUT2D eigenvalue weighted by Gasteiger charge is -2.18. The van der Waals surface area contributed by atoms with Gasteiger partial charge in [0.05, 0.1) is 4.92 Å². The third-order valence-corrected chi connectivity index (χ3v) is 3.01. The van der Waals surface area contributed by atoms with Crippen LogP contribution < -0.4 is 5.32 Å². The van der Waals surface area contributed by atoms with E-state index in [0.29, 0.717) is 12.1 Å². The number of hydrogen-bond donors (Lipinski definition) is 1. The van der Waals surface area contributed by atoms with Gasteiger partial charge in [-0.1, -0.05) is 15.9 Å². The third-order valence-electron chi connectivity index (χ3n) is 2.52. The predicted octanol–water partition coefficient (Wildman–Crippen LogP) is 2.40. The lowest BCUT2D eigenvalue weighted by Crippen LogP contribution is -2.35. The molecule has 1 aromatic carbocycles. The molecule has 0 saturated carbocycles. The average Bonchev–Trinajstić information content (AvgIpc) is 2.25. The maximum Gasteiger partial charge on any atom is 0.273 e. The Bertz CT molecular complexity index is 424. The Morgan fingerprint density at radius 2 is 2.17 bits per heavy atom. The van der Waals surface area contributed by atoms with Crippen molar-refractivity contribution in [3.05, 3.63) is 38.3 Å². The van der Waals surface area contributed by atoms with Crippen molar-refractivity contribution < 1.29 is 4.92 Å². The topological polar surface area (TPSA) is 58.4 Å². The van der Waals surface area contributed by atoms with E-state index in [1.165, 1.54) is 6.07 Å². The molecular weight excluding hydrogens is 298 g/mol. The summed E-state index contributed by atoms with van der Waals surface area (Å²) in [7, 11) is 4.00. The summed E-state index contributed by atoms with van der Waals surface area (Å²) in [5.74, 6) is 0. The highest BCUT2D eigenvalue weighted by Gasteiger charge is 2.14. The van der Waals surface area contributed by atoms with Gasteiger partial charge >= 0.3 is 0 Å². The molecule has 18 heavy (non-hydrogen) atoms. The first-order chi connectivity index (χ1) is 8.40. The van der Waals surface area contributed by atoms with Gasteiger partial charge in [0.25, 0.3) is 5.69 Å². The molecule has 0 fully saturated rings. The normalized spacial score (nSPS) is 12.7. The summed E-state index contributed by atoms with van der Waals surface area (Å²) in [5, 5.41) is 14.2. The number of nitro groups is 1. The first-order valence-corrected chi connectivity index (χ1v) is 6.50. The van der Waals surface area contributed by atoms with Crippen molar-refractivity contribution in [3.63, 3.8) is 0 Å². The molecule has 0 aliphatic heterocycles. The molecule has 1 atom stereocenters. The van der Waals surface area contributed by atoms with Crippen LogP contribution in [-0.2, 0) is 6.54 Å². The van der Waals surface area contributed by atoms with E-state index in [1.807, 2.05) is 14.1 Å². The van der Waals surface area contributed by atoms with Crippen LogP contribution in [0.1, 0.15) is 12.5 Å². The van der Waals surface area contributed by atoms with Crippen molar-refractivity contribution in [3.8, 4) is 0 Å². The molecule has 1 N–H and O–H groups in total.